The standard InChI is InChI=1S/C19H26O6/c1-18(2,3)25-16(20)10-12-5-8-15-13(9-12)6-7-14(24-15)11-19(4,23)17(21)22/h5,8-9,14,23H,6-7,10-11H2,1-4H3,(H,21,22)/t14-,19-/m1/s1. The van der Waals surface area contributed by atoms with Gasteiger partial charge in [-0.15, -0.1) is 0 Å². The van der Waals surface area contributed by atoms with Crippen molar-refractivity contribution in [1.29, 1.82) is 0 Å². The number of benzene rings is 1. The van der Waals surface area contributed by atoms with Gasteiger partial charge >= 0.3 is 11.9 Å². The second kappa shape index (κ2) is 7.04. The molecule has 6 nitrogen and oxygen atoms in total. The Balaban J connectivity index is 2.01. The van der Waals surface area contributed by atoms with E-state index in [4.69, 9.17) is 14.6 Å². The molecule has 25 heavy (non-hydrogen) atoms. The van der Waals surface area contributed by atoms with E-state index in [1.54, 1.807) is 12.1 Å². The minimum atomic E-state index is -1.81. The van der Waals surface area contributed by atoms with Crippen LogP contribution in [0.15, 0.2) is 18.2 Å². The average Bonchev–Trinajstić information content (AvgIpc) is 2.44. The predicted octanol–water partition coefficient (Wildman–Crippen LogP) is 2.49. The Labute approximate surface area is 147 Å². The molecular formula is C19H26O6. The summed E-state index contributed by atoms with van der Waals surface area (Å²) >= 11 is 0. The zero-order valence-corrected chi connectivity index (χ0v) is 15.2. The van der Waals surface area contributed by atoms with E-state index in [2.05, 4.69) is 0 Å². The molecule has 2 N–H and O–H groups in total. The third-order valence-electron chi connectivity index (χ3n) is 4.01. The summed E-state index contributed by atoms with van der Waals surface area (Å²) in [4.78, 5) is 23.0. The van der Waals surface area contributed by atoms with Crippen LogP contribution in [0.4, 0.5) is 0 Å². The molecule has 0 radical (unpaired) electrons. The summed E-state index contributed by atoms with van der Waals surface area (Å²) in [5.41, 5.74) is -0.485. The van der Waals surface area contributed by atoms with Gasteiger partial charge in [-0.2, -0.15) is 0 Å². The molecule has 1 aromatic rings. The first kappa shape index (κ1) is 19.2. The molecule has 1 aliphatic heterocycles. The lowest BCUT2D eigenvalue weighted by Crippen LogP contribution is -2.41. The number of fused-ring (bicyclic) bond motifs is 1. The number of carboxylic acid groups (broad SMARTS) is 1. The molecule has 2 rings (SSSR count). The summed E-state index contributed by atoms with van der Waals surface area (Å²) in [6, 6.07) is 5.52. The van der Waals surface area contributed by atoms with Crippen LogP contribution < -0.4 is 4.74 Å². The van der Waals surface area contributed by atoms with Gasteiger partial charge in [-0.1, -0.05) is 12.1 Å². The highest BCUT2D eigenvalue weighted by Gasteiger charge is 2.35. The van der Waals surface area contributed by atoms with Gasteiger partial charge in [0.05, 0.1) is 6.42 Å². The summed E-state index contributed by atoms with van der Waals surface area (Å²) in [5.74, 6) is -0.862. The van der Waals surface area contributed by atoms with Crippen LogP contribution in [-0.4, -0.2) is 39.5 Å². The SMILES string of the molecule is CC(C)(C)OC(=O)Cc1ccc2c(c1)CC[C@H](C[C@@](C)(O)C(=O)O)O2. The molecule has 0 spiro atoms. The molecule has 0 saturated heterocycles. The van der Waals surface area contributed by atoms with Crippen molar-refractivity contribution in [3.8, 4) is 5.75 Å². The summed E-state index contributed by atoms with van der Waals surface area (Å²) in [6.07, 6.45) is 1.20. The van der Waals surface area contributed by atoms with E-state index in [9.17, 15) is 14.7 Å². The summed E-state index contributed by atoms with van der Waals surface area (Å²) in [6.45, 7) is 6.77. The van der Waals surface area contributed by atoms with E-state index in [0.29, 0.717) is 18.6 Å². The number of hydrogen-bond donors (Lipinski definition) is 2. The van der Waals surface area contributed by atoms with Crippen LogP contribution in [-0.2, 0) is 27.2 Å². The fourth-order valence-corrected chi connectivity index (χ4v) is 2.83. The first-order valence-electron chi connectivity index (χ1n) is 8.42. The zero-order chi connectivity index (χ0) is 18.8. The predicted molar refractivity (Wildman–Crippen MR) is 91.6 cm³/mol. The lowest BCUT2D eigenvalue weighted by atomic mass is 9.92. The van der Waals surface area contributed by atoms with Crippen LogP contribution in [0.3, 0.4) is 0 Å². The third kappa shape index (κ3) is 5.46. The molecule has 0 aliphatic carbocycles. The van der Waals surface area contributed by atoms with Gasteiger partial charge in [0.2, 0.25) is 0 Å². The largest absolute Gasteiger partial charge is 0.490 e. The molecule has 0 saturated carbocycles. The fourth-order valence-electron chi connectivity index (χ4n) is 2.83. The molecule has 1 aromatic carbocycles. The van der Waals surface area contributed by atoms with Crippen LogP contribution >= 0.6 is 0 Å². The number of aliphatic carboxylic acids is 1. The van der Waals surface area contributed by atoms with Crippen LogP contribution in [0.2, 0.25) is 0 Å². The second-order valence-corrected chi connectivity index (χ2v) is 7.77. The van der Waals surface area contributed by atoms with Crippen molar-refractivity contribution < 1.29 is 29.3 Å². The van der Waals surface area contributed by atoms with E-state index in [1.807, 2.05) is 26.8 Å². The Bertz CT molecular complexity index is 656. The van der Waals surface area contributed by atoms with Crippen molar-refractivity contribution in [2.24, 2.45) is 0 Å². The first-order valence-corrected chi connectivity index (χ1v) is 8.42. The number of hydrogen-bond acceptors (Lipinski definition) is 5. The van der Waals surface area contributed by atoms with Gasteiger partial charge in [0.25, 0.3) is 0 Å². The van der Waals surface area contributed by atoms with Crippen molar-refractivity contribution in [3.05, 3.63) is 29.3 Å². The van der Waals surface area contributed by atoms with Gasteiger partial charge in [-0.3, -0.25) is 4.79 Å². The maximum Gasteiger partial charge on any atom is 0.335 e. The number of aryl methyl sites for hydroxylation is 1. The Morgan fingerprint density at radius 1 is 1.28 bits per heavy atom. The molecule has 6 heteroatoms. The lowest BCUT2D eigenvalue weighted by molar-refractivity contribution is -0.159. The highest BCUT2D eigenvalue weighted by Crippen LogP contribution is 2.31. The molecule has 0 aromatic heterocycles. The molecule has 0 amide bonds. The normalized spacial score (nSPS) is 19.3. The summed E-state index contributed by atoms with van der Waals surface area (Å²) in [5, 5.41) is 18.9. The van der Waals surface area contributed by atoms with Crippen LogP contribution in [0.5, 0.6) is 5.75 Å². The van der Waals surface area contributed by atoms with Gasteiger partial charge in [-0.25, -0.2) is 4.79 Å². The Morgan fingerprint density at radius 2 is 1.96 bits per heavy atom. The Morgan fingerprint density at radius 3 is 2.56 bits per heavy atom. The quantitative estimate of drug-likeness (QED) is 0.793. The zero-order valence-electron chi connectivity index (χ0n) is 15.2. The van der Waals surface area contributed by atoms with E-state index >= 15 is 0 Å². The van der Waals surface area contributed by atoms with Crippen LogP contribution in [0.25, 0.3) is 0 Å². The number of carboxylic acids is 1. The van der Waals surface area contributed by atoms with Crippen molar-refractivity contribution in [3.63, 3.8) is 0 Å². The van der Waals surface area contributed by atoms with E-state index in [1.165, 1.54) is 6.92 Å². The maximum absolute atomic E-state index is 11.9. The highest BCUT2D eigenvalue weighted by atomic mass is 16.6. The van der Waals surface area contributed by atoms with Crippen molar-refractivity contribution in [2.75, 3.05) is 0 Å². The summed E-state index contributed by atoms with van der Waals surface area (Å²) in [7, 11) is 0. The number of carbonyl (C=O) groups excluding carboxylic acids is 1. The number of esters is 1. The first-order chi connectivity index (χ1) is 11.5. The average molecular weight is 350 g/mol. The molecular weight excluding hydrogens is 324 g/mol. The second-order valence-electron chi connectivity index (χ2n) is 7.77. The minimum Gasteiger partial charge on any atom is -0.490 e. The van der Waals surface area contributed by atoms with Gasteiger partial charge in [-0.05, 0) is 57.7 Å². The van der Waals surface area contributed by atoms with Gasteiger partial charge in [0.15, 0.2) is 5.60 Å². The van der Waals surface area contributed by atoms with E-state index in [0.717, 1.165) is 11.1 Å². The lowest BCUT2D eigenvalue weighted by Gasteiger charge is -2.30. The Hall–Kier alpha value is -2.08. The number of carbonyl (C=O) groups is 2. The van der Waals surface area contributed by atoms with Gasteiger partial charge in [0, 0.05) is 6.42 Å². The van der Waals surface area contributed by atoms with E-state index < -0.39 is 17.2 Å². The monoisotopic (exact) mass is 350 g/mol. The van der Waals surface area contributed by atoms with Crippen molar-refractivity contribution in [1.82, 2.24) is 0 Å². The molecule has 138 valence electrons. The van der Waals surface area contributed by atoms with Crippen LogP contribution in [0.1, 0.15) is 51.7 Å². The van der Waals surface area contributed by atoms with Gasteiger partial charge < -0.3 is 19.7 Å². The fraction of sp³-hybridized carbons (Fsp3) is 0.579. The molecule has 2 atom stereocenters. The molecule has 1 heterocycles. The third-order valence-corrected chi connectivity index (χ3v) is 4.01. The topological polar surface area (TPSA) is 93.1 Å². The molecule has 0 unspecified atom stereocenters. The maximum atomic E-state index is 11.9. The number of ether oxygens (including phenoxy) is 2. The molecule has 0 fully saturated rings. The van der Waals surface area contributed by atoms with Crippen molar-refractivity contribution in [2.45, 2.75) is 70.7 Å². The smallest absolute Gasteiger partial charge is 0.335 e. The minimum absolute atomic E-state index is 0.0292. The van der Waals surface area contributed by atoms with Crippen LogP contribution in [0, 0.1) is 0 Å². The molecule has 1 aliphatic rings. The highest BCUT2D eigenvalue weighted by molar-refractivity contribution is 5.76. The summed E-state index contributed by atoms with van der Waals surface area (Å²) < 4.78 is 11.1. The molecule has 0 bridgehead atoms. The van der Waals surface area contributed by atoms with Gasteiger partial charge in [0.1, 0.15) is 17.5 Å². The van der Waals surface area contributed by atoms with E-state index in [-0.39, 0.29) is 24.9 Å². The van der Waals surface area contributed by atoms with Crippen molar-refractivity contribution >= 4 is 11.9 Å². The number of aliphatic hydroxyl groups is 1. The number of rotatable bonds is 5. The Kier molecular flexibility index (Phi) is 5.42.